The van der Waals surface area contributed by atoms with E-state index in [1.807, 2.05) is 13.1 Å². The highest BCUT2D eigenvalue weighted by molar-refractivity contribution is 5.27. The van der Waals surface area contributed by atoms with Crippen LogP contribution in [-0.4, -0.2) is 28.8 Å². The fraction of sp³-hybridized carbons (Fsp3) is 0.812. The summed E-state index contributed by atoms with van der Waals surface area (Å²) in [5.74, 6) is 1.82. The fourth-order valence-electron chi connectivity index (χ4n) is 3.07. The molecule has 1 atom stereocenters. The van der Waals surface area contributed by atoms with Gasteiger partial charge in [-0.2, -0.15) is 0 Å². The van der Waals surface area contributed by atoms with Crippen molar-refractivity contribution in [3.05, 3.63) is 12.4 Å². The summed E-state index contributed by atoms with van der Waals surface area (Å²) in [6.07, 6.45) is 11.9. The highest BCUT2D eigenvalue weighted by Gasteiger charge is 2.20. The first-order valence-corrected chi connectivity index (χ1v) is 8.16. The molecule has 0 amide bonds. The molecule has 20 heavy (non-hydrogen) atoms. The molecular formula is C16H29N3O. The molecule has 1 aromatic heterocycles. The minimum atomic E-state index is 0.517. The van der Waals surface area contributed by atoms with Crippen molar-refractivity contribution >= 4 is 5.95 Å². The van der Waals surface area contributed by atoms with Crippen molar-refractivity contribution in [3.8, 4) is 0 Å². The molecule has 1 N–H and O–H groups in total. The summed E-state index contributed by atoms with van der Waals surface area (Å²) < 4.78 is 7.60. The molecule has 4 heteroatoms. The van der Waals surface area contributed by atoms with E-state index in [4.69, 9.17) is 4.74 Å². The number of aryl methyl sites for hydroxylation is 1. The van der Waals surface area contributed by atoms with Crippen molar-refractivity contribution in [2.45, 2.75) is 65.0 Å². The fourth-order valence-corrected chi connectivity index (χ4v) is 3.07. The van der Waals surface area contributed by atoms with E-state index in [9.17, 15) is 0 Å². The van der Waals surface area contributed by atoms with E-state index < -0.39 is 0 Å². The van der Waals surface area contributed by atoms with Gasteiger partial charge < -0.3 is 14.6 Å². The van der Waals surface area contributed by atoms with Gasteiger partial charge in [0.1, 0.15) is 0 Å². The summed E-state index contributed by atoms with van der Waals surface area (Å²) in [4.78, 5) is 4.46. The number of ether oxygens (including phenoxy) is 1. The first-order valence-electron chi connectivity index (χ1n) is 8.16. The van der Waals surface area contributed by atoms with E-state index in [0.717, 1.165) is 38.0 Å². The Morgan fingerprint density at radius 1 is 1.40 bits per heavy atom. The molecule has 0 spiro atoms. The van der Waals surface area contributed by atoms with Crippen LogP contribution in [0.4, 0.5) is 5.95 Å². The zero-order valence-corrected chi connectivity index (χ0v) is 13.0. The highest BCUT2D eigenvalue weighted by Crippen LogP contribution is 2.27. The molecule has 0 saturated heterocycles. The zero-order valence-electron chi connectivity index (χ0n) is 13.0. The third kappa shape index (κ3) is 4.51. The largest absolute Gasteiger partial charge is 0.382 e. The summed E-state index contributed by atoms with van der Waals surface area (Å²) >= 11 is 0. The van der Waals surface area contributed by atoms with Crippen molar-refractivity contribution in [2.24, 2.45) is 5.92 Å². The molecule has 114 valence electrons. The van der Waals surface area contributed by atoms with Crippen molar-refractivity contribution in [2.75, 3.05) is 18.5 Å². The van der Waals surface area contributed by atoms with Crippen LogP contribution < -0.4 is 5.32 Å². The maximum absolute atomic E-state index is 5.39. The molecule has 0 aliphatic heterocycles. The lowest BCUT2D eigenvalue weighted by Gasteiger charge is -2.28. The van der Waals surface area contributed by atoms with Crippen molar-refractivity contribution in [3.63, 3.8) is 0 Å². The average molecular weight is 279 g/mol. The molecule has 1 unspecified atom stereocenters. The van der Waals surface area contributed by atoms with Crippen molar-refractivity contribution < 1.29 is 4.74 Å². The van der Waals surface area contributed by atoms with Gasteiger partial charge in [0, 0.05) is 38.2 Å². The van der Waals surface area contributed by atoms with Crippen LogP contribution in [0.15, 0.2) is 12.4 Å². The second-order valence-electron chi connectivity index (χ2n) is 5.83. The number of hydrogen-bond donors (Lipinski definition) is 1. The molecule has 4 nitrogen and oxygen atoms in total. The van der Waals surface area contributed by atoms with Crippen LogP contribution in [-0.2, 0) is 11.3 Å². The van der Waals surface area contributed by atoms with Crippen LogP contribution in [0.1, 0.15) is 52.4 Å². The second kappa shape index (κ2) is 8.30. The zero-order chi connectivity index (χ0) is 14.2. The Kier molecular flexibility index (Phi) is 6.37. The molecule has 1 aromatic rings. The van der Waals surface area contributed by atoms with Gasteiger partial charge in [0.2, 0.25) is 5.95 Å². The number of nitrogens with zero attached hydrogens (tertiary/aromatic N) is 2. The molecule has 0 radical (unpaired) electrons. The predicted molar refractivity (Wildman–Crippen MR) is 83.0 cm³/mol. The van der Waals surface area contributed by atoms with Gasteiger partial charge in [-0.15, -0.1) is 0 Å². The van der Waals surface area contributed by atoms with Gasteiger partial charge in [0.25, 0.3) is 0 Å². The lowest BCUT2D eigenvalue weighted by molar-refractivity contribution is 0.142. The van der Waals surface area contributed by atoms with Gasteiger partial charge in [-0.25, -0.2) is 4.98 Å². The van der Waals surface area contributed by atoms with Crippen LogP contribution in [0.5, 0.6) is 0 Å². The summed E-state index contributed by atoms with van der Waals surface area (Å²) in [5.41, 5.74) is 0. The molecule has 0 aromatic carbocycles. The number of anilines is 1. The van der Waals surface area contributed by atoms with Gasteiger partial charge in [-0.1, -0.05) is 19.3 Å². The van der Waals surface area contributed by atoms with Gasteiger partial charge >= 0.3 is 0 Å². The van der Waals surface area contributed by atoms with E-state index in [0.29, 0.717) is 6.04 Å². The Hall–Kier alpha value is -1.03. The molecule has 2 rings (SSSR count). The van der Waals surface area contributed by atoms with Gasteiger partial charge in [0.05, 0.1) is 0 Å². The monoisotopic (exact) mass is 279 g/mol. The van der Waals surface area contributed by atoms with E-state index >= 15 is 0 Å². The molecule has 1 aliphatic carbocycles. The Morgan fingerprint density at radius 2 is 2.20 bits per heavy atom. The molecule has 0 bridgehead atoms. The number of rotatable bonds is 8. The normalized spacial score (nSPS) is 18.1. The quantitative estimate of drug-likeness (QED) is 0.738. The van der Waals surface area contributed by atoms with Crippen LogP contribution in [0, 0.1) is 5.92 Å². The lowest BCUT2D eigenvalue weighted by atomic mass is 9.85. The SMILES string of the molecule is CCOCCCn1ccnc1NC(C)C1CCCCC1. The van der Waals surface area contributed by atoms with E-state index in [2.05, 4.69) is 28.0 Å². The third-order valence-corrected chi connectivity index (χ3v) is 4.32. The first kappa shape index (κ1) is 15.4. The summed E-state index contributed by atoms with van der Waals surface area (Å²) in [6.45, 7) is 6.94. The molecule has 1 heterocycles. The molecule has 1 aliphatic rings. The number of nitrogens with one attached hydrogen (secondary N) is 1. The second-order valence-corrected chi connectivity index (χ2v) is 5.83. The van der Waals surface area contributed by atoms with E-state index in [-0.39, 0.29) is 0 Å². The topological polar surface area (TPSA) is 39.1 Å². The summed E-state index contributed by atoms with van der Waals surface area (Å²) in [5, 5.41) is 3.61. The van der Waals surface area contributed by atoms with Crippen LogP contribution >= 0.6 is 0 Å². The van der Waals surface area contributed by atoms with Crippen molar-refractivity contribution in [1.29, 1.82) is 0 Å². The standard InChI is InChI=1S/C16H29N3O/c1-3-20-13-7-11-19-12-10-17-16(19)18-14(2)15-8-5-4-6-9-15/h10,12,14-15H,3-9,11,13H2,1-2H3,(H,17,18). The minimum absolute atomic E-state index is 0.517. The Balaban J connectivity index is 1.81. The van der Waals surface area contributed by atoms with E-state index in [1.54, 1.807) is 0 Å². The number of aromatic nitrogens is 2. The summed E-state index contributed by atoms with van der Waals surface area (Å²) in [7, 11) is 0. The summed E-state index contributed by atoms with van der Waals surface area (Å²) in [6, 6.07) is 0.517. The van der Waals surface area contributed by atoms with Crippen LogP contribution in [0.2, 0.25) is 0 Å². The van der Waals surface area contributed by atoms with Gasteiger partial charge in [-0.05, 0) is 39.0 Å². The Labute approximate surface area is 122 Å². The maximum Gasteiger partial charge on any atom is 0.202 e. The smallest absolute Gasteiger partial charge is 0.202 e. The lowest BCUT2D eigenvalue weighted by Crippen LogP contribution is -2.29. The first-order chi connectivity index (χ1) is 9.81. The van der Waals surface area contributed by atoms with E-state index in [1.165, 1.54) is 32.1 Å². The van der Waals surface area contributed by atoms with Gasteiger partial charge in [0.15, 0.2) is 0 Å². The Bertz CT molecular complexity index is 372. The predicted octanol–water partition coefficient (Wildman–Crippen LogP) is 3.69. The van der Waals surface area contributed by atoms with Crippen molar-refractivity contribution in [1.82, 2.24) is 9.55 Å². The molecule has 1 saturated carbocycles. The highest BCUT2D eigenvalue weighted by atomic mass is 16.5. The third-order valence-electron chi connectivity index (χ3n) is 4.32. The molecular weight excluding hydrogens is 250 g/mol. The van der Waals surface area contributed by atoms with Crippen LogP contribution in [0.3, 0.4) is 0 Å². The minimum Gasteiger partial charge on any atom is -0.382 e. The maximum atomic E-state index is 5.39. The average Bonchev–Trinajstić information content (AvgIpc) is 2.92. The van der Waals surface area contributed by atoms with Gasteiger partial charge in [-0.3, -0.25) is 0 Å². The number of hydrogen-bond acceptors (Lipinski definition) is 3. The Morgan fingerprint density at radius 3 is 2.95 bits per heavy atom. The molecule has 1 fully saturated rings. The number of imidazole rings is 1. The van der Waals surface area contributed by atoms with Crippen LogP contribution in [0.25, 0.3) is 0 Å².